The highest BCUT2D eigenvalue weighted by molar-refractivity contribution is 7.93. The van der Waals surface area contributed by atoms with Crippen LogP contribution in [0.4, 0.5) is 5.69 Å². The van der Waals surface area contributed by atoms with E-state index in [-0.39, 0.29) is 26.7 Å². The third-order valence-electron chi connectivity index (χ3n) is 6.93. The smallest absolute Gasteiger partial charge is 0.328 e. The quantitative estimate of drug-likeness (QED) is 0.252. The lowest BCUT2D eigenvalue weighted by Gasteiger charge is -2.37. The summed E-state index contributed by atoms with van der Waals surface area (Å²) in [7, 11) is -4.42. The first-order valence-electron chi connectivity index (χ1n) is 13.3. The fraction of sp³-hybridized carbons (Fsp3) is 0.345. The summed E-state index contributed by atoms with van der Waals surface area (Å²) in [5.41, 5.74) is -0.0893. The lowest BCUT2D eigenvalue weighted by molar-refractivity contribution is -0.140. The molecule has 2 aromatic heterocycles. The molecule has 1 fully saturated rings. The van der Waals surface area contributed by atoms with E-state index in [1.165, 1.54) is 18.2 Å². The van der Waals surface area contributed by atoms with Gasteiger partial charge in [-0.3, -0.25) is 8.87 Å². The minimum absolute atomic E-state index is 0.0367. The Bertz CT molecular complexity index is 1690. The molecule has 3 heterocycles. The zero-order valence-electron chi connectivity index (χ0n) is 23.2. The topological polar surface area (TPSA) is 124 Å². The van der Waals surface area contributed by atoms with Gasteiger partial charge in [0.15, 0.2) is 5.82 Å². The highest BCUT2D eigenvalue weighted by atomic mass is 35.5. The summed E-state index contributed by atoms with van der Waals surface area (Å²) >= 11 is 12.3. The second kappa shape index (κ2) is 11.7. The van der Waals surface area contributed by atoms with Crippen LogP contribution in [0.3, 0.4) is 0 Å². The van der Waals surface area contributed by atoms with Gasteiger partial charge >= 0.3 is 5.97 Å². The molecule has 1 aliphatic heterocycles. The number of halogens is 2. The number of fused-ring (bicyclic) bond motifs is 1. The molecule has 222 valence electrons. The van der Waals surface area contributed by atoms with Gasteiger partial charge in [0.1, 0.15) is 12.1 Å². The maximum absolute atomic E-state index is 14.1. The van der Waals surface area contributed by atoms with Crippen LogP contribution in [0, 0.1) is 5.41 Å². The van der Waals surface area contributed by atoms with E-state index in [9.17, 15) is 18.3 Å². The SMILES string of the molecule is CC(C)(C)C(C(=O)O)N(c1ccc2c(ccn2-c2cnc(OC3CCOCC3)cn2)c1)S(=O)(=O)c1cc(Cl)cc(Cl)c1. The minimum atomic E-state index is -4.42. The number of anilines is 1. The van der Waals surface area contributed by atoms with Gasteiger partial charge < -0.3 is 14.6 Å². The van der Waals surface area contributed by atoms with Gasteiger partial charge in [-0.2, -0.15) is 0 Å². The average Bonchev–Trinajstić information content (AvgIpc) is 3.34. The van der Waals surface area contributed by atoms with Crippen molar-refractivity contribution in [2.45, 2.75) is 50.7 Å². The van der Waals surface area contributed by atoms with E-state index >= 15 is 0 Å². The average molecular weight is 634 g/mol. The predicted molar refractivity (Wildman–Crippen MR) is 160 cm³/mol. The van der Waals surface area contributed by atoms with Crippen molar-refractivity contribution in [3.63, 3.8) is 0 Å². The van der Waals surface area contributed by atoms with Crippen molar-refractivity contribution in [1.29, 1.82) is 0 Å². The van der Waals surface area contributed by atoms with Crippen molar-refractivity contribution in [3.8, 4) is 11.7 Å². The Balaban J connectivity index is 1.54. The molecule has 1 aliphatic rings. The molecule has 13 heteroatoms. The Morgan fingerprint density at radius 3 is 2.36 bits per heavy atom. The summed E-state index contributed by atoms with van der Waals surface area (Å²) in [5, 5.41) is 11.1. The van der Waals surface area contributed by atoms with E-state index in [0.29, 0.717) is 30.3 Å². The molecule has 4 aromatic rings. The lowest BCUT2D eigenvalue weighted by Crippen LogP contribution is -2.52. The monoisotopic (exact) mass is 632 g/mol. The fourth-order valence-corrected chi connectivity index (χ4v) is 7.48. The molecule has 0 radical (unpaired) electrons. The van der Waals surface area contributed by atoms with Crippen LogP contribution >= 0.6 is 23.2 Å². The van der Waals surface area contributed by atoms with E-state index in [4.69, 9.17) is 32.7 Å². The van der Waals surface area contributed by atoms with Gasteiger partial charge in [-0.05, 0) is 47.9 Å². The molecule has 5 rings (SSSR count). The van der Waals surface area contributed by atoms with Crippen molar-refractivity contribution >= 4 is 55.8 Å². The molecule has 42 heavy (non-hydrogen) atoms. The van der Waals surface area contributed by atoms with Crippen molar-refractivity contribution in [2.24, 2.45) is 5.41 Å². The Morgan fingerprint density at radius 2 is 1.76 bits per heavy atom. The van der Waals surface area contributed by atoms with Gasteiger partial charge in [0, 0.05) is 34.5 Å². The van der Waals surface area contributed by atoms with Crippen molar-refractivity contribution < 1.29 is 27.8 Å². The molecule has 10 nitrogen and oxygen atoms in total. The first-order chi connectivity index (χ1) is 19.8. The number of ether oxygens (including phenoxy) is 2. The second-order valence-corrected chi connectivity index (χ2v) is 13.8. The lowest BCUT2D eigenvalue weighted by atomic mass is 9.86. The standard InChI is InChI=1S/C29H30Cl2N4O6S/c1-29(2,3)27(28(36)37)35(42(38,39)23-14-19(30)13-20(31)15-23)21-4-5-24-18(12-21)6-9-34(24)25-16-33-26(17-32-25)41-22-7-10-40-11-8-22/h4-6,9,12-17,22,27H,7-8,10-11H2,1-3H3,(H,36,37). The first-order valence-corrected chi connectivity index (χ1v) is 15.5. The van der Waals surface area contributed by atoms with Gasteiger partial charge in [0.2, 0.25) is 5.88 Å². The van der Waals surface area contributed by atoms with Crippen LogP contribution in [0.5, 0.6) is 5.88 Å². The molecule has 0 saturated carbocycles. The predicted octanol–water partition coefficient (Wildman–Crippen LogP) is 5.98. The van der Waals surface area contributed by atoms with E-state index < -0.39 is 27.4 Å². The molecular weight excluding hydrogens is 603 g/mol. The molecule has 0 aliphatic carbocycles. The third-order valence-corrected chi connectivity index (χ3v) is 9.13. The molecule has 2 aromatic carbocycles. The zero-order chi connectivity index (χ0) is 30.2. The molecular formula is C29H30Cl2N4O6S. The summed E-state index contributed by atoms with van der Waals surface area (Å²) < 4.78 is 42.2. The first kappa shape index (κ1) is 30.1. The number of carboxylic acids is 1. The minimum Gasteiger partial charge on any atom is -0.480 e. The highest BCUT2D eigenvalue weighted by Gasteiger charge is 2.43. The number of carbonyl (C=O) groups is 1. The third kappa shape index (κ3) is 6.19. The van der Waals surface area contributed by atoms with E-state index in [2.05, 4.69) is 9.97 Å². The highest BCUT2D eigenvalue weighted by Crippen LogP contribution is 2.37. The Morgan fingerprint density at radius 1 is 1.07 bits per heavy atom. The number of hydrogen-bond acceptors (Lipinski definition) is 7. The number of rotatable bonds is 8. The Labute approximate surface area is 253 Å². The van der Waals surface area contributed by atoms with Gasteiger partial charge in [0.25, 0.3) is 10.0 Å². The summed E-state index contributed by atoms with van der Waals surface area (Å²) in [5.74, 6) is -0.336. The number of nitrogens with zero attached hydrogens (tertiary/aromatic N) is 4. The molecule has 1 N–H and O–H groups in total. The summed E-state index contributed by atoms with van der Waals surface area (Å²) in [6, 6.07) is 9.17. The van der Waals surface area contributed by atoms with Crippen molar-refractivity contribution in [1.82, 2.24) is 14.5 Å². The number of benzene rings is 2. The molecule has 1 atom stereocenters. The van der Waals surface area contributed by atoms with Crippen LogP contribution in [-0.2, 0) is 19.6 Å². The Hall–Kier alpha value is -3.38. The molecule has 1 saturated heterocycles. The van der Waals surface area contributed by atoms with Crippen molar-refractivity contribution in [3.05, 3.63) is 71.1 Å². The summed E-state index contributed by atoms with van der Waals surface area (Å²) in [6.07, 6.45) is 6.57. The van der Waals surface area contributed by atoms with Crippen LogP contribution < -0.4 is 9.04 Å². The van der Waals surface area contributed by atoms with Gasteiger partial charge in [0.05, 0.1) is 41.7 Å². The van der Waals surface area contributed by atoms with Gasteiger partial charge in [-0.1, -0.05) is 44.0 Å². The summed E-state index contributed by atoms with van der Waals surface area (Å²) in [6.45, 7) is 6.32. The normalized spacial score (nSPS) is 15.5. The zero-order valence-corrected chi connectivity index (χ0v) is 25.5. The van der Waals surface area contributed by atoms with Gasteiger partial charge in [-0.25, -0.2) is 23.2 Å². The number of sulfonamides is 1. The van der Waals surface area contributed by atoms with Crippen LogP contribution in [0.25, 0.3) is 16.7 Å². The molecule has 0 amide bonds. The van der Waals surface area contributed by atoms with Crippen molar-refractivity contribution in [2.75, 3.05) is 17.5 Å². The van der Waals surface area contributed by atoms with Crippen LogP contribution in [0.1, 0.15) is 33.6 Å². The summed E-state index contributed by atoms with van der Waals surface area (Å²) in [4.78, 5) is 21.3. The maximum atomic E-state index is 14.1. The van der Waals surface area contributed by atoms with E-state index in [0.717, 1.165) is 22.7 Å². The molecule has 1 unspecified atom stereocenters. The molecule has 0 spiro atoms. The fourth-order valence-electron chi connectivity index (χ4n) is 4.97. The number of carboxylic acid groups (broad SMARTS) is 1. The van der Waals surface area contributed by atoms with Crippen LogP contribution in [0.15, 0.2) is 66.0 Å². The van der Waals surface area contributed by atoms with Crippen LogP contribution in [-0.4, -0.2) is 59.4 Å². The van der Waals surface area contributed by atoms with E-state index in [1.54, 1.807) is 68.2 Å². The van der Waals surface area contributed by atoms with E-state index in [1.807, 2.05) is 0 Å². The maximum Gasteiger partial charge on any atom is 0.328 e. The Kier molecular flexibility index (Phi) is 8.39. The second-order valence-electron chi connectivity index (χ2n) is 11.1. The largest absolute Gasteiger partial charge is 0.480 e. The number of aliphatic carboxylic acids is 1. The van der Waals surface area contributed by atoms with Crippen LogP contribution in [0.2, 0.25) is 10.0 Å². The molecule has 0 bridgehead atoms. The number of hydrogen-bond donors (Lipinski definition) is 1. The number of aromatic nitrogens is 3. The van der Waals surface area contributed by atoms with Gasteiger partial charge in [-0.15, -0.1) is 0 Å².